The van der Waals surface area contributed by atoms with Crippen LogP contribution in [0.3, 0.4) is 0 Å². The zero-order valence-corrected chi connectivity index (χ0v) is 14.0. The van der Waals surface area contributed by atoms with Crippen molar-refractivity contribution in [3.63, 3.8) is 0 Å². The van der Waals surface area contributed by atoms with E-state index in [-0.39, 0.29) is 11.5 Å². The number of rotatable bonds is 2. The van der Waals surface area contributed by atoms with Gasteiger partial charge in [-0.2, -0.15) is 0 Å². The van der Waals surface area contributed by atoms with Gasteiger partial charge in [-0.05, 0) is 54.8 Å². The minimum absolute atomic E-state index is 0.0895. The topological polar surface area (TPSA) is 81.0 Å². The predicted molar refractivity (Wildman–Crippen MR) is 93.1 cm³/mol. The first kappa shape index (κ1) is 16.8. The molecule has 3 N–H and O–H groups in total. The van der Waals surface area contributed by atoms with Crippen molar-refractivity contribution in [3.05, 3.63) is 83.0 Å². The predicted octanol–water partition coefficient (Wildman–Crippen LogP) is 3.47. The smallest absolute Gasteiger partial charge is 0.278 e. The van der Waals surface area contributed by atoms with E-state index in [1.807, 2.05) is 0 Å². The summed E-state index contributed by atoms with van der Waals surface area (Å²) < 4.78 is 0. The van der Waals surface area contributed by atoms with Gasteiger partial charge in [-0.1, -0.05) is 36.4 Å². The molecule has 5 heteroatoms. The molecule has 2 aromatic carbocycles. The van der Waals surface area contributed by atoms with E-state index < -0.39 is 11.4 Å². The Morgan fingerprint density at radius 1 is 0.840 bits per heavy atom. The first-order valence-electron chi connectivity index (χ1n) is 7.92. The van der Waals surface area contributed by atoms with Crippen molar-refractivity contribution >= 4 is 5.91 Å². The lowest BCUT2D eigenvalue weighted by Crippen LogP contribution is -2.43. The molecular formula is C20H19NO4. The minimum atomic E-state index is -1.25. The molecule has 5 nitrogen and oxygen atoms in total. The van der Waals surface area contributed by atoms with E-state index in [0.29, 0.717) is 22.3 Å². The lowest BCUT2D eigenvalue weighted by molar-refractivity contribution is -0.172. The number of carbonyl (C=O) groups excluding carboxylic acids is 1. The fraction of sp³-hybridized carbons (Fsp3) is 0.150. The Morgan fingerprint density at radius 2 is 1.28 bits per heavy atom. The maximum absolute atomic E-state index is 12.7. The number of benzene rings is 2. The zero-order chi connectivity index (χ0) is 18.2. The summed E-state index contributed by atoms with van der Waals surface area (Å²) in [6.07, 6.45) is 3.46. The molecule has 25 heavy (non-hydrogen) atoms. The van der Waals surface area contributed by atoms with Crippen LogP contribution in [0.2, 0.25) is 0 Å². The quantitative estimate of drug-likeness (QED) is 0.579. The van der Waals surface area contributed by atoms with Crippen molar-refractivity contribution in [2.24, 2.45) is 0 Å². The Hall–Kier alpha value is -3.05. The summed E-state index contributed by atoms with van der Waals surface area (Å²) in [4.78, 5) is 12.7. The third kappa shape index (κ3) is 2.32. The van der Waals surface area contributed by atoms with Crippen LogP contribution in [0.25, 0.3) is 0 Å². The fourth-order valence-corrected chi connectivity index (χ4v) is 3.46. The highest BCUT2D eigenvalue weighted by Gasteiger charge is 2.54. The summed E-state index contributed by atoms with van der Waals surface area (Å²) in [5, 5.41) is 30.8. The SMILES string of the molecule is C/C=C1/C(=O)N(O)C(c2ccc(O)cc2)(c2ccc(O)cc2)/C1=C/C. The molecule has 0 spiro atoms. The molecule has 3 rings (SSSR count). The number of hydroxylamine groups is 2. The maximum atomic E-state index is 12.7. The van der Waals surface area contributed by atoms with Crippen LogP contribution in [0.4, 0.5) is 0 Å². The monoisotopic (exact) mass is 337 g/mol. The fourth-order valence-electron chi connectivity index (χ4n) is 3.46. The van der Waals surface area contributed by atoms with Crippen LogP contribution in [0.15, 0.2) is 71.8 Å². The third-order valence-corrected chi connectivity index (χ3v) is 4.57. The van der Waals surface area contributed by atoms with Gasteiger partial charge in [0.2, 0.25) is 0 Å². The van der Waals surface area contributed by atoms with Gasteiger partial charge >= 0.3 is 0 Å². The molecule has 1 saturated heterocycles. The highest BCUT2D eigenvalue weighted by Crippen LogP contribution is 2.50. The van der Waals surface area contributed by atoms with E-state index in [1.165, 1.54) is 24.3 Å². The number of phenolic OH excluding ortho intramolecular Hbond substituents is 2. The zero-order valence-electron chi connectivity index (χ0n) is 14.0. The third-order valence-electron chi connectivity index (χ3n) is 4.57. The molecule has 1 fully saturated rings. The van der Waals surface area contributed by atoms with Crippen molar-refractivity contribution in [1.29, 1.82) is 0 Å². The number of allylic oxidation sites excluding steroid dienone is 2. The molecule has 0 atom stereocenters. The number of phenols is 2. The van der Waals surface area contributed by atoms with E-state index in [1.54, 1.807) is 50.3 Å². The molecular weight excluding hydrogens is 318 g/mol. The molecule has 0 saturated carbocycles. The number of hydrogen-bond acceptors (Lipinski definition) is 4. The molecule has 128 valence electrons. The first-order valence-corrected chi connectivity index (χ1v) is 7.92. The highest BCUT2D eigenvalue weighted by atomic mass is 16.5. The van der Waals surface area contributed by atoms with Crippen LogP contribution in [-0.4, -0.2) is 26.4 Å². The summed E-state index contributed by atoms with van der Waals surface area (Å²) in [6, 6.07) is 12.7. The summed E-state index contributed by atoms with van der Waals surface area (Å²) in [6.45, 7) is 3.55. The standard InChI is InChI=1S/C20H19NO4/c1-3-17-18(4-2)20(21(25)19(17)24,13-5-9-15(22)10-6-13)14-7-11-16(23)12-8-14/h3-12,22-23,25H,1-2H3/b17-3+,18-4+. The van der Waals surface area contributed by atoms with E-state index >= 15 is 0 Å². The van der Waals surface area contributed by atoms with Gasteiger partial charge in [0.15, 0.2) is 0 Å². The maximum Gasteiger partial charge on any atom is 0.278 e. The van der Waals surface area contributed by atoms with Gasteiger partial charge in [0.1, 0.15) is 17.0 Å². The second-order valence-corrected chi connectivity index (χ2v) is 5.83. The summed E-state index contributed by atoms with van der Waals surface area (Å²) in [7, 11) is 0. The van der Waals surface area contributed by atoms with Crippen LogP contribution in [0, 0.1) is 0 Å². The average molecular weight is 337 g/mol. The van der Waals surface area contributed by atoms with Crippen molar-refractivity contribution in [2.75, 3.05) is 0 Å². The molecule has 0 aromatic heterocycles. The Bertz CT molecular complexity index is 818. The highest BCUT2D eigenvalue weighted by molar-refractivity contribution is 6.03. The molecule has 0 bridgehead atoms. The molecule has 1 aliphatic heterocycles. The van der Waals surface area contributed by atoms with Crippen molar-refractivity contribution in [2.45, 2.75) is 19.4 Å². The lowest BCUT2D eigenvalue weighted by atomic mass is 9.76. The molecule has 1 amide bonds. The molecule has 0 unspecified atom stereocenters. The lowest BCUT2D eigenvalue weighted by Gasteiger charge is -2.36. The van der Waals surface area contributed by atoms with Gasteiger partial charge in [-0.15, -0.1) is 0 Å². The Labute approximate surface area is 145 Å². The first-order chi connectivity index (χ1) is 12.0. The second kappa shape index (κ2) is 6.11. The second-order valence-electron chi connectivity index (χ2n) is 5.83. The average Bonchev–Trinajstić information content (AvgIpc) is 2.84. The number of carbonyl (C=O) groups is 1. The number of amides is 1. The van der Waals surface area contributed by atoms with E-state index in [4.69, 9.17) is 0 Å². The molecule has 0 radical (unpaired) electrons. The molecule has 2 aromatic rings. The summed E-state index contributed by atoms with van der Waals surface area (Å²) in [5.74, 6) is -0.324. The largest absolute Gasteiger partial charge is 0.508 e. The van der Waals surface area contributed by atoms with E-state index in [0.717, 1.165) is 5.06 Å². The van der Waals surface area contributed by atoms with E-state index in [2.05, 4.69) is 0 Å². The van der Waals surface area contributed by atoms with Gasteiger partial charge in [0.05, 0.1) is 0 Å². The van der Waals surface area contributed by atoms with Gasteiger partial charge < -0.3 is 10.2 Å². The summed E-state index contributed by atoms with van der Waals surface area (Å²) in [5.41, 5.74) is 1.04. The summed E-state index contributed by atoms with van der Waals surface area (Å²) >= 11 is 0. The Morgan fingerprint density at radius 3 is 1.64 bits per heavy atom. The van der Waals surface area contributed by atoms with E-state index in [9.17, 15) is 20.2 Å². The Balaban J connectivity index is 2.39. The van der Waals surface area contributed by atoms with Gasteiger partial charge in [-0.25, -0.2) is 5.06 Å². The molecule has 0 aliphatic carbocycles. The van der Waals surface area contributed by atoms with Crippen molar-refractivity contribution in [1.82, 2.24) is 5.06 Å². The number of aromatic hydroxyl groups is 2. The normalized spacial score (nSPS) is 19.8. The van der Waals surface area contributed by atoms with Crippen molar-refractivity contribution < 1.29 is 20.2 Å². The van der Waals surface area contributed by atoms with Gasteiger partial charge in [-0.3, -0.25) is 10.0 Å². The van der Waals surface area contributed by atoms with Crippen molar-refractivity contribution in [3.8, 4) is 11.5 Å². The Kier molecular flexibility index (Phi) is 4.10. The number of hydrogen-bond donors (Lipinski definition) is 3. The van der Waals surface area contributed by atoms with Gasteiger partial charge in [0, 0.05) is 5.57 Å². The minimum Gasteiger partial charge on any atom is -0.508 e. The van der Waals surface area contributed by atoms with Crippen LogP contribution in [0.5, 0.6) is 11.5 Å². The van der Waals surface area contributed by atoms with Crippen LogP contribution in [-0.2, 0) is 10.3 Å². The molecule has 1 aliphatic rings. The van der Waals surface area contributed by atoms with Crippen LogP contribution in [0.1, 0.15) is 25.0 Å². The molecule has 1 heterocycles. The number of nitrogens with zero attached hydrogens (tertiary/aromatic N) is 1. The van der Waals surface area contributed by atoms with Gasteiger partial charge in [0.25, 0.3) is 5.91 Å². The van der Waals surface area contributed by atoms with Crippen LogP contribution < -0.4 is 0 Å². The van der Waals surface area contributed by atoms with Crippen LogP contribution >= 0.6 is 0 Å².